The quantitative estimate of drug-likeness (QED) is 0.403. The molecule has 0 aromatic rings. The molecule has 0 aliphatic rings. The van der Waals surface area contributed by atoms with Gasteiger partial charge < -0.3 is 14.2 Å². The first-order chi connectivity index (χ1) is 6.85. The molecule has 14 heavy (non-hydrogen) atoms. The van der Waals surface area contributed by atoms with E-state index < -0.39 is 0 Å². The molecular weight excluding hydrogens is 180 g/mol. The summed E-state index contributed by atoms with van der Waals surface area (Å²) < 4.78 is 16.2. The molecule has 0 saturated carbocycles. The summed E-state index contributed by atoms with van der Waals surface area (Å²) in [6.45, 7) is 10.4. The highest BCUT2D eigenvalue weighted by Gasteiger charge is 2.07. The van der Waals surface area contributed by atoms with E-state index in [9.17, 15) is 0 Å². The maximum absolute atomic E-state index is 5.52. The van der Waals surface area contributed by atoms with Crippen LogP contribution in [0.1, 0.15) is 33.1 Å². The van der Waals surface area contributed by atoms with Crippen molar-refractivity contribution in [3.8, 4) is 0 Å². The first-order valence-corrected chi connectivity index (χ1v) is 5.45. The van der Waals surface area contributed by atoms with Crippen LogP contribution in [-0.4, -0.2) is 32.7 Å². The molecule has 0 spiro atoms. The van der Waals surface area contributed by atoms with Crippen molar-refractivity contribution in [1.29, 1.82) is 0 Å². The third kappa shape index (κ3) is 8.48. The van der Waals surface area contributed by atoms with E-state index >= 15 is 0 Å². The van der Waals surface area contributed by atoms with Crippen molar-refractivity contribution >= 4 is 0 Å². The highest BCUT2D eigenvalue weighted by molar-refractivity contribution is 4.46. The van der Waals surface area contributed by atoms with Gasteiger partial charge in [-0.05, 0) is 19.8 Å². The summed E-state index contributed by atoms with van der Waals surface area (Å²) in [4.78, 5) is 0. The maximum atomic E-state index is 5.52. The van der Waals surface area contributed by atoms with Crippen LogP contribution in [-0.2, 0) is 14.2 Å². The van der Waals surface area contributed by atoms with E-state index in [1.807, 2.05) is 0 Å². The van der Waals surface area contributed by atoms with Crippen molar-refractivity contribution in [2.24, 2.45) is 0 Å². The SMILES string of the molecule is [CH2]COCCC(OCCC)OCCC. The van der Waals surface area contributed by atoms with Gasteiger partial charge in [-0.25, -0.2) is 0 Å². The predicted octanol–water partition coefficient (Wildman–Crippen LogP) is 2.41. The van der Waals surface area contributed by atoms with Gasteiger partial charge >= 0.3 is 0 Å². The lowest BCUT2D eigenvalue weighted by Gasteiger charge is -2.17. The van der Waals surface area contributed by atoms with Gasteiger partial charge in [-0.2, -0.15) is 0 Å². The number of ether oxygens (including phenoxy) is 3. The van der Waals surface area contributed by atoms with E-state index in [0.717, 1.165) is 32.5 Å². The number of hydrogen-bond donors (Lipinski definition) is 0. The number of hydrogen-bond acceptors (Lipinski definition) is 3. The zero-order chi connectivity index (χ0) is 10.6. The minimum absolute atomic E-state index is 0.110. The first-order valence-electron chi connectivity index (χ1n) is 5.45. The molecule has 0 amide bonds. The molecule has 0 heterocycles. The fourth-order valence-electron chi connectivity index (χ4n) is 0.995. The Morgan fingerprint density at radius 3 is 2.00 bits per heavy atom. The molecule has 0 unspecified atom stereocenters. The average Bonchev–Trinajstić information content (AvgIpc) is 2.21. The van der Waals surface area contributed by atoms with Crippen molar-refractivity contribution in [2.75, 3.05) is 26.4 Å². The summed E-state index contributed by atoms with van der Waals surface area (Å²) in [6, 6.07) is 0. The zero-order valence-corrected chi connectivity index (χ0v) is 9.46. The van der Waals surface area contributed by atoms with Gasteiger partial charge in [0.25, 0.3) is 0 Å². The van der Waals surface area contributed by atoms with E-state index in [2.05, 4.69) is 20.8 Å². The molecule has 0 aromatic heterocycles. The zero-order valence-electron chi connectivity index (χ0n) is 9.46. The lowest BCUT2D eigenvalue weighted by molar-refractivity contribution is -0.152. The third-order valence-corrected chi connectivity index (χ3v) is 1.66. The Labute approximate surface area is 87.7 Å². The van der Waals surface area contributed by atoms with Crippen molar-refractivity contribution < 1.29 is 14.2 Å². The monoisotopic (exact) mass is 203 g/mol. The van der Waals surface area contributed by atoms with Gasteiger partial charge in [0.15, 0.2) is 6.29 Å². The second-order valence-electron chi connectivity index (χ2n) is 3.07. The lowest BCUT2D eigenvalue weighted by atomic mass is 10.4. The van der Waals surface area contributed by atoms with Crippen LogP contribution in [0.4, 0.5) is 0 Å². The van der Waals surface area contributed by atoms with Crippen molar-refractivity contribution in [3.05, 3.63) is 6.92 Å². The van der Waals surface area contributed by atoms with E-state index in [4.69, 9.17) is 14.2 Å². The van der Waals surface area contributed by atoms with Gasteiger partial charge in [0.2, 0.25) is 0 Å². The fraction of sp³-hybridized carbons (Fsp3) is 0.909. The van der Waals surface area contributed by atoms with Gasteiger partial charge in [-0.15, -0.1) is 0 Å². The average molecular weight is 203 g/mol. The molecule has 0 N–H and O–H groups in total. The molecule has 3 heteroatoms. The molecule has 0 bridgehead atoms. The minimum Gasteiger partial charge on any atom is -0.381 e. The normalized spacial score (nSPS) is 11.1. The maximum Gasteiger partial charge on any atom is 0.159 e. The predicted molar refractivity (Wildman–Crippen MR) is 57.1 cm³/mol. The Morgan fingerprint density at radius 1 is 1.00 bits per heavy atom. The molecule has 0 atom stereocenters. The van der Waals surface area contributed by atoms with Crippen LogP contribution in [0.15, 0.2) is 0 Å². The van der Waals surface area contributed by atoms with Crippen molar-refractivity contribution in [2.45, 2.75) is 39.4 Å². The van der Waals surface area contributed by atoms with Gasteiger partial charge in [0, 0.05) is 26.2 Å². The summed E-state index contributed by atoms with van der Waals surface area (Å²) >= 11 is 0. The lowest BCUT2D eigenvalue weighted by Crippen LogP contribution is -2.20. The summed E-state index contributed by atoms with van der Waals surface area (Å²) in [6.07, 6.45) is 2.71. The molecule has 0 saturated heterocycles. The van der Waals surface area contributed by atoms with Crippen LogP contribution in [0.5, 0.6) is 0 Å². The molecule has 3 nitrogen and oxygen atoms in total. The third-order valence-electron chi connectivity index (χ3n) is 1.66. The molecule has 1 radical (unpaired) electrons. The highest BCUT2D eigenvalue weighted by atomic mass is 16.7. The summed E-state index contributed by atoms with van der Waals surface area (Å²) in [5.41, 5.74) is 0. The molecule has 0 fully saturated rings. The Morgan fingerprint density at radius 2 is 1.57 bits per heavy atom. The van der Waals surface area contributed by atoms with Crippen LogP contribution in [0.25, 0.3) is 0 Å². The van der Waals surface area contributed by atoms with Crippen LogP contribution >= 0.6 is 0 Å². The van der Waals surface area contributed by atoms with Crippen LogP contribution in [0.3, 0.4) is 0 Å². The van der Waals surface area contributed by atoms with E-state index in [0.29, 0.717) is 13.2 Å². The van der Waals surface area contributed by atoms with Crippen LogP contribution in [0, 0.1) is 6.92 Å². The van der Waals surface area contributed by atoms with Gasteiger partial charge in [-0.3, -0.25) is 0 Å². The first kappa shape index (κ1) is 13.9. The second kappa shape index (κ2) is 11.0. The number of rotatable bonds is 10. The van der Waals surface area contributed by atoms with Gasteiger partial charge in [-0.1, -0.05) is 13.8 Å². The standard InChI is InChI=1S/C11H23O3/c1-4-8-13-11(14-9-5-2)7-10-12-6-3/h11H,3-10H2,1-2H3. The molecule has 0 rings (SSSR count). The molecule has 0 aromatic carbocycles. The fourth-order valence-corrected chi connectivity index (χ4v) is 0.995. The Hall–Kier alpha value is -0.120. The highest BCUT2D eigenvalue weighted by Crippen LogP contribution is 2.03. The Bertz CT molecular complexity index is 98.7. The van der Waals surface area contributed by atoms with E-state index in [-0.39, 0.29) is 6.29 Å². The van der Waals surface area contributed by atoms with Crippen LogP contribution < -0.4 is 0 Å². The molecule has 0 aliphatic carbocycles. The summed E-state index contributed by atoms with van der Waals surface area (Å²) in [5, 5.41) is 0. The van der Waals surface area contributed by atoms with Crippen molar-refractivity contribution in [3.63, 3.8) is 0 Å². The van der Waals surface area contributed by atoms with Crippen molar-refractivity contribution in [1.82, 2.24) is 0 Å². The van der Waals surface area contributed by atoms with Gasteiger partial charge in [0.1, 0.15) is 0 Å². The molecule has 85 valence electrons. The van der Waals surface area contributed by atoms with Gasteiger partial charge in [0.05, 0.1) is 6.61 Å². The van der Waals surface area contributed by atoms with Crippen LogP contribution in [0.2, 0.25) is 0 Å². The minimum atomic E-state index is -0.110. The Kier molecular flexibility index (Phi) is 10.9. The Balaban J connectivity index is 3.49. The molecular formula is C11H23O3. The molecule has 0 aliphatic heterocycles. The smallest absolute Gasteiger partial charge is 0.159 e. The summed E-state index contributed by atoms with van der Waals surface area (Å²) in [5.74, 6) is 0. The summed E-state index contributed by atoms with van der Waals surface area (Å²) in [7, 11) is 0. The van der Waals surface area contributed by atoms with E-state index in [1.54, 1.807) is 0 Å². The topological polar surface area (TPSA) is 27.7 Å². The second-order valence-corrected chi connectivity index (χ2v) is 3.07. The van der Waals surface area contributed by atoms with E-state index in [1.165, 1.54) is 0 Å². The largest absolute Gasteiger partial charge is 0.381 e.